The van der Waals surface area contributed by atoms with Crippen LogP contribution in [0.1, 0.15) is 18.1 Å². The first kappa shape index (κ1) is 22.2. The lowest BCUT2D eigenvalue weighted by Gasteiger charge is -2.13. The summed E-state index contributed by atoms with van der Waals surface area (Å²) >= 11 is 1.74. The maximum absolute atomic E-state index is 12.4. The van der Waals surface area contributed by atoms with E-state index in [0.717, 1.165) is 24.4 Å². The molecule has 0 atom stereocenters. The Kier molecular flexibility index (Phi) is 12.2. The Bertz CT molecular complexity index is 490. The first-order valence-corrected chi connectivity index (χ1v) is 8.51. The second-order valence-electron chi connectivity index (χ2n) is 4.60. The number of benzene rings is 1. The third-order valence-corrected chi connectivity index (χ3v) is 3.39. The van der Waals surface area contributed by atoms with E-state index in [4.69, 9.17) is 0 Å². The van der Waals surface area contributed by atoms with Gasteiger partial charge in [0, 0.05) is 24.4 Å². The van der Waals surface area contributed by atoms with Crippen molar-refractivity contribution >= 4 is 41.7 Å². The van der Waals surface area contributed by atoms with Gasteiger partial charge in [0.05, 0.1) is 6.54 Å². The quantitative estimate of drug-likeness (QED) is 0.270. The molecule has 0 amide bonds. The highest BCUT2D eigenvalue weighted by molar-refractivity contribution is 14.0. The zero-order chi connectivity index (χ0) is 16.4. The van der Waals surface area contributed by atoms with E-state index < -0.39 is 6.61 Å². The van der Waals surface area contributed by atoms with Crippen LogP contribution < -0.4 is 15.4 Å². The molecule has 0 spiro atoms. The van der Waals surface area contributed by atoms with E-state index in [1.54, 1.807) is 23.9 Å². The van der Waals surface area contributed by atoms with Crippen LogP contribution in [0.25, 0.3) is 0 Å². The molecule has 1 rings (SSSR count). The molecule has 0 radical (unpaired) electrons. The lowest BCUT2D eigenvalue weighted by Crippen LogP contribution is -2.38. The van der Waals surface area contributed by atoms with Crippen LogP contribution in [-0.2, 0) is 6.54 Å². The zero-order valence-electron chi connectivity index (χ0n) is 13.6. The molecule has 0 saturated heterocycles. The van der Waals surface area contributed by atoms with E-state index >= 15 is 0 Å². The lowest BCUT2D eigenvalue weighted by molar-refractivity contribution is -0.0504. The van der Waals surface area contributed by atoms with Gasteiger partial charge in [0.15, 0.2) is 5.96 Å². The number of guanidine groups is 1. The molecule has 0 saturated carbocycles. The molecule has 23 heavy (non-hydrogen) atoms. The van der Waals surface area contributed by atoms with Gasteiger partial charge in [0.2, 0.25) is 0 Å². The zero-order valence-corrected chi connectivity index (χ0v) is 16.7. The van der Waals surface area contributed by atoms with Crippen LogP contribution in [-0.4, -0.2) is 37.7 Å². The second-order valence-corrected chi connectivity index (χ2v) is 5.59. The Morgan fingerprint density at radius 1 is 1.35 bits per heavy atom. The number of aryl methyl sites for hydroxylation is 1. The largest absolute Gasteiger partial charge is 0.434 e. The molecule has 0 bridgehead atoms. The summed E-state index contributed by atoms with van der Waals surface area (Å²) in [6.45, 7) is 2.85. The predicted molar refractivity (Wildman–Crippen MR) is 104 cm³/mol. The fourth-order valence-electron chi connectivity index (χ4n) is 1.82. The first-order valence-electron chi connectivity index (χ1n) is 7.12. The molecule has 0 aliphatic carbocycles. The maximum Gasteiger partial charge on any atom is 0.387 e. The van der Waals surface area contributed by atoms with Crippen LogP contribution >= 0.6 is 35.7 Å². The lowest BCUT2D eigenvalue weighted by atomic mass is 10.1. The number of aliphatic imine (C=N–C) groups is 1. The first-order chi connectivity index (χ1) is 10.6. The highest BCUT2D eigenvalue weighted by Crippen LogP contribution is 2.22. The molecular formula is C15H24F2IN3OS. The Morgan fingerprint density at radius 3 is 2.70 bits per heavy atom. The topological polar surface area (TPSA) is 45.7 Å². The number of nitrogens with zero attached hydrogens (tertiary/aromatic N) is 1. The number of rotatable bonds is 8. The Morgan fingerprint density at radius 2 is 2.09 bits per heavy atom. The summed E-state index contributed by atoms with van der Waals surface area (Å²) in [6.07, 6.45) is 2.03. The fraction of sp³-hybridized carbons (Fsp3) is 0.533. The van der Waals surface area contributed by atoms with Crippen molar-refractivity contribution in [3.05, 3.63) is 29.3 Å². The number of nitrogens with one attached hydrogen (secondary N) is 2. The van der Waals surface area contributed by atoms with Crippen molar-refractivity contribution in [3.63, 3.8) is 0 Å². The van der Waals surface area contributed by atoms with Crippen molar-refractivity contribution in [1.29, 1.82) is 0 Å². The maximum atomic E-state index is 12.4. The van der Waals surface area contributed by atoms with Crippen LogP contribution in [0.2, 0.25) is 0 Å². The minimum absolute atomic E-state index is 0. The van der Waals surface area contributed by atoms with E-state index in [1.165, 1.54) is 0 Å². The summed E-state index contributed by atoms with van der Waals surface area (Å²) < 4.78 is 29.4. The third-order valence-electron chi connectivity index (χ3n) is 2.78. The van der Waals surface area contributed by atoms with Gasteiger partial charge in [-0.1, -0.05) is 17.7 Å². The Labute approximate surface area is 157 Å². The van der Waals surface area contributed by atoms with Crippen molar-refractivity contribution in [3.8, 4) is 5.75 Å². The predicted octanol–water partition coefficient (Wildman–Crippen LogP) is 3.63. The highest BCUT2D eigenvalue weighted by Gasteiger charge is 2.10. The van der Waals surface area contributed by atoms with Crippen LogP contribution in [0, 0.1) is 6.92 Å². The Balaban J connectivity index is 0.00000484. The molecule has 0 unspecified atom stereocenters. The van der Waals surface area contributed by atoms with Gasteiger partial charge in [-0.15, -0.1) is 24.0 Å². The van der Waals surface area contributed by atoms with Crippen molar-refractivity contribution < 1.29 is 13.5 Å². The van der Waals surface area contributed by atoms with E-state index in [-0.39, 0.29) is 36.3 Å². The molecule has 0 aliphatic heterocycles. The Hall–Kier alpha value is -0.770. The van der Waals surface area contributed by atoms with Crippen molar-refractivity contribution in [1.82, 2.24) is 10.6 Å². The van der Waals surface area contributed by atoms with Gasteiger partial charge in [-0.25, -0.2) is 4.99 Å². The van der Waals surface area contributed by atoms with Crippen LogP contribution in [0.15, 0.2) is 23.2 Å². The van der Waals surface area contributed by atoms with Gasteiger partial charge >= 0.3 is 6.61 Å². The van der Waals surface area contributed by atoms with E-state index in [9.17, 15) is 8.78 Å². The van der Waals surface area contributed by atoms with Gasteiger partial charge in [-0.2, -0.15) is 20.5 Å². The number of alkyl halides is 2. The van der Waals surface area contributed by atoms with Gasteiger partial charge < -0.3 is 15.4 Å². The molecule has 0 fully saturated rings. The van der Waals surface area contributed by atoms with E-state index in [1.807, 2.05) is 26.2 Å². The minimum atomic E-state index is -2.83. The van der Waals surface area contributed by atoms with Crippen LogP contribution in [0.5, 0.6) is 5.75 Å². The molecule has 2 N–H and O–H groups in total. The summed E-state index contributed by atoms with van der Waals surface area (Å²) in [4.78, 5) is 4.42. The molecule has 1 aromatic carbocycles. The van der Waals surface area contributed by atoms with Crippen molar-refractivity contribution in [2.45, 2.75) is 27.0 Å². The van der Waals surface area contributed by atoms with E-state index in [2.05, 4.69) is 20.4 Å². The molecule has 0 aromatic heterocycles. The molecular weight excluding hydrogens is 435 g/mol. The molecule has 132 valence electrons. The summed E-state index contributed by atoms with van der Waals surface area (Å²) in [5, 5.41) is 6.32. The summed E-state index contributed by atoms with van der Waals surface area (Å²) in [5.41, 5.74) is 1.62. The minimum Gasteiger partial charge on any atom is -0.434 e. The molecule has 8 heteroatoms. The summed E-state index contributed by atoms with van der Waals surface area (Å²) in [7, 11) is 0. The molecule has 4 nitrogen and oxygen atoms in total. The SMILES string of the molecule is CCNC(=NCc1cc(C)ccc1OC(F)F)NCCSC.I. The van der Waals surface area contributed by atoms with Gasteiger partial charge in [0.25, 0.3) is 0 Å². The van der Waals surface area contributed by atoms with Crippen LogP contribution in [0.3, 0.4) is 0 Å². The molecule has 0 heterocycles. The second kappa shape index (κ2) is 12.6. The van der Waals surface area contributed by atoms with Crippen molar-refractivity contribution in [2.75, 3.05) is 25.1 Å². The number of ether oxygens (including phenoxy) is 1. The summed E-state index contributed by atoms with van der Waals surface area (Å²) in [6, 6.07) is 5.11. The normalized spacial score (nSPS) is 11.1. The number of hydrogen-bond acceptors (Lipinski definition) is 3. The molecule has 1 aromatic rings. The van der Waals surface area contributed by atoms with Crippen LogP contribution in [0.4, 0.5) is 8.78 Å². The average molecular weight is 459 g/mol. The average Bonchev–Trinajstić information content (AvgIpc) is 2.47. The monoisotopic (exact) mass is 459 g/mol. The summed E-state index contributed by atoms with van der Waals surface area (Å²) in [5.74, 6) is 1.81. The smallest absolute Gasteiger partial charge is 0.387 e. The fourth-order valence-corrected chi connectivity index (χ4v) is 2.13. The van der Waals surface area contributed by atoms with Gasteiger partial charge in [-0.3, -0.25) is 0 Å². The number of thioether (sulfide) groups is 1. The van der Waals surface area contributed by atoms with E-state index in [0.29, 0.717) is 11.5 Å². The number of hydrogen-bond donors (Lipinski definition) is 2. The van der Waals surface area contributed by atoms with Gasteiger partial charge in [0.1, 0.15) is 5.75 Å². The highest BCUT2D eigenvalue weighted by atomic mass is 127. The van der Waals surface area contributed by atoms with Crippen molar-refractivity contribution in [2.24, 2.45) is 4.99 Å². The standard InChI is InChI=1S/C15H23F2N3OS.HI/c1-4-18-15(19-7-8-22-3)20-10-12-9-11(2)5-6-13(12)21-14(16)17;/h5-6,9,14H,4,7-8,10H2,1-3H3,(H2,18,19,20);1H. The van der Waals surface area contributed by atoms with Gasteiger partial charge in [-0.05, 0) is 26.2 Å². The molecule has 0 aliphatic rings. The number of halogens is 3. The third kappa shape index (κ3) is 9.19.